The maximum atomic E-state index is 11.0. The van der Waals surface area contributed by atoms with Gasteiger partial charge in [-0.25, -0.2) is 4.79 Å². The molecule has 0 spiro atoms. The predicted octanol–water partition coefficient (Wildman–Crippen LogP) is 0.496. The van der Waals surface area contributed by atoms with E-state index in [2.05, 4.69) is 5.32 Å². The highest BCUT2D eigenvalue weighted by atomic mass is 31.2. The molecule has 0 heterocycles. The molecule has 2 unspecified atom stereocenters. The van der Waals surface area contributed by atoms with Crippen molar-refractivity contribution < 1.29 is 29.4 Å². The van der Waals surface area contributed by atoms with E-state index in [0.717, 1.165) is 19.3 Å². The first kappa shape index (κ1) is 17.5. The summed E-state index contributed by atoms with van der Waals surface area (Å²) in [6.45, 7) is 3.97. The lowest BCUT2D eigenvalue weighted by Crippen LogP contribution is -2.42. The Morgan fingerprint density at radius 1 is 1.44 bits per heavy atom. The number of carboxylic acids is 1. The normalized spacial score (nSPS) is 17.2. The zero-order chi connectivity index (χ0) is 14.4. The van der Waals surface area contributed by atoms with E-state index in [1.165, 1.54) is 0 Å². The third-order valence-electron chi connectivity index (χ3n) is 2.78. The van der Waals surface area contributed by atoms with Gasteiger partial charge in [-0.3, -0.25) is 4.57 Å². The van der Waals surface area contributed by atoms with Crippen molar-refractivity contribution in [1.29, 1.82) is 0 Å². The van der Waals surface area contributed by atoms with Crippen molar-refractivity contribution in [1.82, 2.24) is 5.32 Å². The van der Waals surface area contributed by atoms with Gasteiger partial charge in [-0.15, -0.1) is 0 Å². The van der Waals surface area contributed by atoms with Crippen molar-refractivity contribution in [3.8, 4) is 0 Å². The van der Waals surface area contributed by atoms with Crippen LogP contribution in [0, 0.1) is 0 Å². The molecule has 0 aliphatic rings. The Bertz CT molecular complexity index is 317. The number of carbonyl (C=O) groups is 1. The third kappa shape index (κ3) is 5.04. The Hall–Kier alpha value is -0.460. The summed E-state index contributed by atoms with van der Waals surface area (Å²) in [5, 5.41) is 18.1. The van der Waals surface area contributed by atoms with Gasteiger partial charge in [0.05, 0.1) is 0 Å². The van der Waals surface area contributed by atoms with Gasteiger partial charge >= 0.3 is 13.6 Å². The molecule has 0 aromatic rings. The topological polar surface area (TPSA) is 127 Å². The number of rotatable bonds is 9. The zero-order valence-corrected chi connectivity index (χ0v) is 11.6. The second-order valence-electron chi connectivity index (χ2n) is 4.41. The summed E-state index contributed by atoms with van der Waals surface area (Å²) >= 11 is 0. The number of unbranched alkanes of at least 4 members (excludes halogenated alkanes) is 1. The smallest absolute Gasteiger partial charge is 0.368 e. The average Bonchev–Trinajstić information content (AvgIpc) is 2.24. The Morgan fingerprint density at radius 3 is 2.39 bits per heavy atom. The number of nitrogens with one attached hydrogen (secondary N) is 1. The van der Waals surface area contributed by atoms with Crippen molar-refractivity contribution >= 4 is 13.6 Å². The van der Waals surface area contributed by atoms with Crippen LogP contribution in [0.4, 0.5) is 0 Å². The first-order valence-electron chi connectivity index (χ1n) is 5.90. The molecule has 5 N–H and O–H groups in total. The monoisotopic (exact) mass is 283 g/mol. The largest absolute Gasteiger partial charge is 0.479 e. The van der Waals surface area contributed by atoms with E-state index in [0.29, 0.717) is 0 Å². The number of hydrogen-bond donors (Lipinski definition) is 5. The molecule has 0 saturated heterocycles. The lowest BCUT2D eigenvalue weighted by molar-refractivity contribution is -0.152. The third-order valence-corrected chi connectivity index (χ3v) is 4.16. The van der Waals surface area contributed by atoms with Gasteiger partial charge in [-0.1, -0.05) is 19.8 Å². The molecule has 0 aromatic carbocycles. The van der Waals surface area contributed by atoms with Gasteiger partial charge in [0.25, 0.3) is 5.34 Å². The van der Waals surface area contributed by atoms with E-state index in [1.54, 1.807) is 0 Å². The van der Waals surface area contributed by atoms with Gasteiger partial charge < -0.3 is 25.3 Å². The van der Waals surface area contributed by atoms with Crippen LogP contribution in [0.5, 0.6) is 0 Å². The average molecular weight is 283 g/mol. The molecule has 0 aliphatic heterocycles. The first-order valence-corrected chi connectivity index (χ1v) is 7.51. The maximum absolute atomic E-state index is 11.0. The van der Waals surface area contributed by atoms with E-state index < -0.39 is 25.3 Å². The number of aliphatic carboxylic acids is 1. The first-order chi connectivity index (χ1) is 8.15. The Kier molecular flexibility index (Phi) is 7.02. The van der Waals surface area contributed by atoms with E-state index >= 15 is 0 Å². The molecule has 108 valence electrons. The van der Waals surface area contributed by atoms with Crippen LogP contribution in [0.15, 0.2) is 0 Å². The minimum absolute atomic E-state index is 0.0266. The molecule has 0 rings (SSSR count). The van der Waals surface area contributed by atoms with Gasteiger partial charge in [-0.2, -0.15) is 0 Å². The number of aliphatic hydroxyl groups is 1. The molecule has 0 fully saturated rings. The summed E-state index contributed by atoms with van der Waals surface area (Å²) < 4.78 is 11.0. The molecule has 0 aliphatic carbocycles. The van der Waals surface area contributed by atoms with Crippen LogP contribution in [-0.4, -0.2) is 43.9 Å². The molecule has 2 atom stereocenters. The van der Waals surface area contributed by atoms with Crippen LogP contribution >= 0.6 is 7.60 Å². The van der Waals surface area contributed by atoms with Crippen molar-refractivity contribution in [2.75, 3.05) is 6.54 Å². The van der Waals surface area contributed by atoms with Crippen LogP contribution in [0.2, 0.25) is 0 Å². The SMILES string of the molecule is CCCCC(C)NCCC(O)(C(=O)O)P(=O)(O)O. The molecular weight excluding hydrogens is 261 g/mol. The van der Waals surface area contributed by atoms with Crippen LogP contribution in [0.1, 0.15) is 39.5 Å². The Morgan fingerprint density at radius 2 is 2.00 bits per heavy atom. The molecule has 0 radical (unpaired) electrons. The summed E-state index contributed by atoms with van der Waals surface area (Å²) in [4.78, 5) is 28.5. The van der Waals surface area contributed by atoms with Gasteiger partial charge in [0.15, 0.2) is 0 Å². The van der Waals surface area contributed by atoms with Crippen LogP contribution in [-0.2, 0) is 9.36 Å². The summed E-state index contributed by atoms with van der Waals surface area (Å²) in [5.41, 5.74) is 0. The molecule has 0 amide bonds. The van der Waals surface area contributed by atoms with Gasteiger partial charge in [0.1, 0.15) is 0 Å². The molecule has 0 bridgehead atoms. The fourth-order valence-electron chi connectivity index (χ4n) is 1.48. The molecule has 8 heteroatoms. The van der Waals surface area contributed by atoms with Gasteiger partial charge in [0, 0.05) is 12.5 Å². The molecule has 7 nitrogen and oxygen atoms in total. The Balaban J connectivity index is 4.32. The van der Waals surface area contributed by atoms with Crippen LogP contribution in [0.25, 0.3) is 0 Å². The van der Waals surface area contributed by atoms with Crippen LogP contribution in [0.3, 0.4) is 0 Å². The maximum Gasteiger partial charge on any atom is 0.368 e. The van der Waals surface area contributed by atoms with Crippen LogP contribution < -0.4 is 5.32 Å². The standard InChI is InChI=1S/C10H22NO6P/c1-3-4-5-8(2)11-7-6-10(14,9(12)13)18(15,16)17/h8,11,14H,3-7H2,1-2H3,(H,12,13)(H2,15,16,17). The van der Waals surface area contributed by atoms with Gasteiger partial charge in [0.2, 0.25) is 0 Å². The lowest BCUT2D eigenvalue weighted by atomic mass is 10.1. The summed E-state index contributed by atoms with van der Waals surface area (Å²) in [6.07, 6.45) is 2.39. The summed E-state index contributed by atoms with van der Waals surface area (Å²) in [5.74, 6) is -1.90. The fraction of sp³-hybridized carbons (Fsp3) is 0.900. The minimum Gasteiger partial charge on any atom is -0.479 e. The fourth-order valence-corrected chi connectivity index (χ4v) is 2.13. The number of carboxylic acid groups (broad SMARTS) is 1. The van der Waals surface area contributed by atoms with Crippen molar-refractivity contribution in [3.63, 3.8) is 0 Å². The van der Waals surface area contributed by atoms with Crippen molar-refractivity contribution in [3.05, 3.63) is 0 Å². The van der Waals surface area contributed by atoms with Gasteiger partial charge in [-0.05, 0) is 19.9 Å². The second kappa shape index (κ2) is 7.21. The quantitative estimate of drug-likeness (QED) is 0.390. The molecule has 18 heavy (non-hydrogen) atoms. The Labute approximate surface area is 106 Å². The van der Waals surface area contributed by atoms with E-state index in [9.17, 15) is 14.5 Å². The summed E-state index contributed by atoms with van der Waals surface area (Å²) in [7, 11) is -5.11. The predicted molar refractivity (Wildman–Crippen MR) is 66.2 cm³/mol. The highest BCUT2D eigenvalue weighted by molar-refractivity contribution is 7.54. The van der Waals surface area contributed by atoms with Crippen molar-refractivity contribution in [2.45, 2.75) is 50.9 Å². The molecular formula is C10H22NO6P. The zero-order valence-electron chi connectivity index (χ0n) is 10.7. The van der Waals surface area contributed by atoms with Crippen molar-refractivity contribution in [2.24, 2.45) is 0 Å². The highest BCUT2D eigenvalue weighted by Gasteiger charge is 2.52. The highest BCUT2D eigenvalue weighted by Crippen LogP contribution is 2.50. The van der Waals surface area contributed by atoms with E-state index in [1.807, 2.05) is 13.8 Å². The van der Waals surface area contributed by atoms with E-state index in [4.69, 9.17) is 14.9 Å². The minimum atomic E-state index is -5.11. The van der Waals surface area contributed by atoms with E-state index in [-0.39, 0.29) is 12.6 Å². The molecule has 0 aromatic heterocycles. The molecule has 0 saturated carbocycles. The second-order valence-corrected chi connectivity index (χ2v) is 6.24. The number of hydrogen-bond acceptors (Lipinski definition) is 4. The lowest BCUT2D eigenvalue weighted by Gasteiger charge is -2.25. The summed E-state index contributed by atoms with van der Waals surface area (Å²) in [6, 6.07) is 0.111.